The molecule has 0 bridgehead atoms. The third-order valence-corrected chi connectivity index (χ3v) is 2.09. The molecule has 2 atom stereocenters. The van der Waals surface area contributed by atoms with Crippen molar-refractivity contribution >= 4 is 10.8 Å². The van der Waals surface area contributed by atoms with Gasteiger partial charge in [-0.3, -0.25) is 4.21 Å². The molecule has 0 aliphatic heterocycles. The largest absolute Gasteiger partial charge is 0.392 e. The van der Waals surface area contributed by atoms with Gasteiger partial charge in [-0.05, 0) is 19.9 Å². The van der Waals surface area contributed by atoms with E-state index in [-0.39, 0.29) is 6.10 Å². The maximum atomic E-state index is 10.6. The average Bonchev–Trinajstić information content (AvgIpc) is 1.85. The van der Waals surface area contributed by atoms with Crippen LogP contribution < -0.4 is 5.32 Å². The van der Waals surface area contributed by atoms with E-state index in [4.69, 9.17) is 5.11 Å². The summed E-state index contributed by atoms with van der Waals surface area (Å²) in [5.74, 6) is 0.743. The first kappa shape index (κ1) is 11.1. The third kappa shape index (κ3) is 10.1. The molecule has 0 saturated heterocycles. The van der Waals surface area contributed by atoms with Crippen LogP contribution in [0.15, 0.2) is 0 Å². The van der Waals surface area contributed by atoms with Crippen molar-refractivity contribution in [1.82, 2.24) is 5.32 Å². The van der Waals surface area contributed by atoms with Gasteiger partial charge in [0, 0.05) is 29.4 Å². The summed E-state index contributed by atoms with van der Waals surface area (Å²) in [5, 5.41) is 11.9. The zero-order chi connectivity index (χ0) is 8.69. The summed E-state index contributed by atoms with van der Waals surface area (Å²) in [6.07, 6.45) is 2.33. The number of hydrogen-bond acceptors (Lipinski definition) is 3. The molecule has 68 valence electrons. The van der Waals surface area contributed by atoms with Crippen LogP contribution in [0.4, 0.5) is 0 Å². The van der Waals surface area contributed by atoms with Crippen LogP contribution in [-0.2, 0) is 10.8 Å². The first-order chi connectivity index (χ1) is 5.13. The fourth-order valence-electron chi connectivity index (χ4n) is 0.711. The van der Waals surface area contributed by atoms with Gasteiger partial charge in [0.25, 0.3) is 0 Å². The summed E-state index contributed by atoms with van der Waals surface area (Å²) in [4.78, 5) is 0. The first-order valence-electron chi connectivity index (χ1n) is 3.81. The number of aliphatic hydroxyl groups is 1. The van der Waals surface area contributed by atoms with Crippen LogP contribution >= 0.6 is 0 Å². The summed E-state index contributed by atoms with van der Waals surface area (Å²) < 4.78 is 10.6. The molecule has 11 heavy (non-hydrogen) atoms. The second-order valence-corrected chi connectivity index (χ2v) is 4.24. The highest BCUT2D eigenvalue weighted by Crippen LogP contribution is 1.82. The van der Waals surface area contributed by atoms with E-state index in [0.29, 0.717) is 6.54 Å². The molecule has 0 amide bonds. The Morgan fingerprint density at radius 3 is 2.73 bits per heavy atom. The van der Waals surface area contributed by atoms with Crippen molar-refractivity contribution in [3.05, 3.63) is 0 Å². The lowest BCUT2D eigenvalue weighted by atomic mass is 10.4. The molecular weight excluding hydrogens is 162 g/mol. The quantitative estimate of drug-likeness (QED) is 0.552. The second kappa shape index (κ2) is 6.76. The molecule has 0 aromatic rings. The third-order valence-electron chi connectivity index (χ3n) is 1.23. The fraction of sp³-hybridized carbons (Fsp3) is 1.00. The Morgan fingerprint density at radius 1 is 1.64 bits per heavy atom. The SMILES string of the molecule is C[C@H](O)CNCCCS(C)=O. The molecule has 0 heterocycles. The maximum absolute atomic E-state index is 10.6. The molecule has 0 saturated carbocycles. The zero-order valence-electron chi connectivity index (χ0n) is 7.17. The van der Waals surface area contributed by atoms with Crippen LogP contribution in [0.3, 0.4) is 0 Å². The lowest BCUT2D eigenvalue weighted by Crippen LogP contribution is -2.25. The fourth-order valence-corrected chi connectivity index (χ4v) is 1.26. The minimum atomic E-state index is -0.682. The van der Waals surface area contributed by atoms with Crippen molar-refractivity contribution in [3.63, 3.8) is 0 Å². The second-order valence-electron chi connectivity index (χ2n) is 2.68. The van der Waals surface area contributed by atoms with Gasteiger partial charge in [-0.15, -0.1) is 0 Å². The highest BCUT2D eigenvalue weighted by atomic mass is 32.2. The number of nitrogens with one attached hydrogen (secondary N) is 1. The topological polar surface area (TPSA) is 49.3 Å². The van der Waals surface area contributed by atoms with E-state index in [1.54, 1.807) is 13.2 Å². The van der Waals surface area contributed by atoms with Crippen molar-refractivity contribution in [2.75, 3.05) is 25.1 Å². The van der Waals surface area contributed by atoms with Crippen molar-refractivity contribution in [1.29, 1.82) is 0 Å². The highest BCUT2D eigenvalue weighted by Gasteiger charge is 1.94. The molecule has 0 aliphatic carbocycles. The van der Waals surface area contributed by atoms with E-state index >= 15 is 0 Å². The molecule has 0 fully saturated rings. The van der Waals surface area contributed by atoms with Gasteiger partial charge in [0.1, 0.15) is 0 Å². The normalized spacial score (nSPS) is 16.3. The van der Waals surface area contributed by atoms with E-state index in [1.165, 1.54) is 0 Å². The molecule has 3 nitrogen and oxygen atoms in total. The molecule has 2 N–H and O–H groups in total. The molecule has 0 aromatic carbocycles. The van der Waals surface area contributed by atoms with E-state index in [2.05, 4.69) is 5.32 Å². The van der Waals surface area contributed by atoms with Crippen LogP contribution in [-0.4, -0.2) is 40.5 Å². The van der Waals surface area contributed by atoms with Crippen molar-refractivity contribution in [3.8, 4) is 0 Å². The Morgan fingerprint density at radius 2 is 2.27 bits per heavy atom. The monoisotopic (exact) mass is 179 g/mol. The summed E-state index contributed by atoms with van der Waals surface area (Å²) in [7, 11) is -0.682. The van der Waals surface area contributed by atoms with Gasteiger partial charge in [-0.25, -0.2) is 0 Å². The summed E-state index contributed by atoms with van der Waals surface area (Å²) in [5.41, 5.74) is 0. The minimum absolute atomic E-state index is 0.290. The van der Waals surface area contributed by atoms with Crippen LogP contribution in [0.5, 0.6) is 0 Å². The summed E-state index contributed by atoms with van der Waals surface area (Å²) in [6, 6.07) is 0. The number of aliphatic hydroxyl groups excluding tert-OH is 1. The summed E-state index contributed by atoms with van der Waals surface area (Å²) >= 11 is 0. The Kier molecular flexibility index (Phi) is 6.80. The molecule has 0 rings (SSSR count). The van der Waals surface area contributed by atoms with Crippen molar-refractivity contribution in [2.45, 2.75) is 19.4 Å². The lowest BCUT2D eigenvalue weighted by Gasteiger charge is -2.05. The van der Waals surface area contributed by atoms with Crippen LogP contribution in [0.2, 0.25) is 0 Å². The predicted molar refractivity (Wildman–Crippen MR) is 48.1 cm³/mol. The molecule has 0 radical (unpaired) electrons. The maximum Gasteiger partial charge on any atom is 0.0636 e. The Balaban J connectivity index is 2.97. The average molecular weight is 179 g/mol. The van der Waals surface area contributed by atoms with Gasteiger partial charge in [0.15, 0.2) is 0 Å². The van der Waals surface area contributed by atoms with Crippen LogP contribution in [0, 0.1) is 0 Å². The Labute approximate surface area is 70.6 Å². The zero-order valence-corrected chi connectivity index (χ0v) is 7.99. The summed E-state index contributed by atoms with van der Waals surface area (Å²) in [6.45, 7) is 3.20. The van der Waals surface area contributed by atoms with Gasteiger partial charge in [-0.1, -0.05) is 0 Å². The highest BCUT2D eigenvalue weighted by molar-refractivity contribution is 7.84. The lowest BCUT2D eigenvalue weighted by molar-refractivity contribution is 0.191. The smallest absolute Gasteiger partial charge is 0.0636 e. The molecule has 0 spiro atoms. The molecule has 1 unspecified atom stereocenters. The van der Waals surface area contributed by atoms with E-state index in [0.717, 1.165) is 18.7 Å². The van der Waals surface area contributed by atoms with E-state index < -0.39 is 10.8 Å². The first-order valence-corrected chi connectivity index (χ1v) is 5.54. The molecule has 0 aliphatic rings. The number of hydrogen-bond donors (Lipinski definition) is 2. The Bertz CT molecular complexity index is 117. The van der Waals surface area contributed by atoms with Crippen LogP contribution in [0.1, 0.15) is 13.3 Å². The Hall–Kier alpha value is 0.0700. The van der Waals surface area contributed by atoms with Gasteiger partial charge in [0.2, 0.25) is 0 Å². The van der Waals surface area contributed by atoms with Gasteiger partial charge >= 0.3 is 0 Å². The molecule has 4 heteroatoms. The molecule has 0 aromatic heterocycles. The van der Waals surface area contributed by atoms with E-state index in [1.807, 2.05) is 0 Å². The molecular formula is C7H17NO2S. The van der Waals surface area contributed by atoms with Crippen molar-refractivity contribution in [2.24, 2.45) is 0 Å². The van der Waals surface area contributed by atoms with Gasteiger partial charge < -0.3 is 10.4 Å². The van der Waals surface area contributed by atoms with Gasteiger partial charge in [-0.2, -0.15) is 0 Å². The standard InChI is InChI=1S/C7H17NO2S/c1-7(9)6-8-4-3-5-11(2)10/h7-9H,3-6H2,1-2H3/t7-,11?/m0/s1. The number of rotatable bonds is 6. The van der Waals surface area contributed by atoms with Crippen LogP contribution in [0.25, 0.3) is 0 Å². The minimum Gasteiger partial charge on any atom is -0.392 e. The predicted octanol–water partition coefficient (Wildman–Crippen LogP) is -0.275. The van der Waals surface area contributed by atoms with Gasteiger partial charge in [0.05, 0.1) is 6.10 Å². The van der Waals surface area contributed by atoms with E-state index in [9.17, 15) is 4.21 Å². The van der Waals surface area contributed by atoms with Crippen molar-refractivity contribution < 1.29 is 9.32 Å².